The SMILES string of the molecule is COCCNCCNC(=O)c1cccc(COC)c1. The van der Waals surface area contributed by atoms with Crippen molar-refractivity contribution in [2.24, 2.45) is 0 Å². The van der Waals surface area contributed by atoms with Gasteiger partial charge in [0.25, 0.3) is 5.91 Å². The van der Waals surface area contributed by atoms with Gasteiger partial charge in [0.1, 0.15) is 0 Å². The number of hydrogen-bond donors (Lipinski definition) is 2. The maximum Gasteiger partial charge on any atom is 0.251 e. The number of nitrogens with one attached hydrogen (secondary N) is 2. The van der Waals surface area contributed by atoms with Gasteiger partial charge < -0.3 is 20.1 Å². The lowest BCUT2D eigenvalue weighted by Gasteiger charge is -2.07. The van der Waals surface area contributed by atoms with Crippen molar-refractivity contribution in [3.63, 3.8) is 0 Å². The first-order valence-electron chi connectivity index (χ1n) is 6.33. The van der Waals surface area contributed by atoms with Gasteiger partial charge in [-0.3, -0.25) is 4.79 Å². The van der Waals surface area contributed by atoms with Crippen LogP contribution in [0.2, 0.25) is 0 Å². The largest absolute Gasteiger partial charge is 0.383 e. The predicted molar refractivity (Wildman–Crippen MR) is 74.2 cm³/mol. The minimum atomic E-state index is -0.0634. The zero-order valence-electron chi connectivity index (χ0n) is 11.6. The average Bonchev–Trinajstić information content (AvgIpc) is 2.43. The summed E-state index contributed by atoms with van der Waals surface area (Å²) in [4.78, 5) is 11.9. The van der Waals surface area contributed by atoms with Crippen LogP contribution >= 0.6 is 0 Å². The number of amides is 1. The Hall–Kier alpha value is -1.43. The number of methoxy groups -OCH3 is 2. The summed E-state index contributed by atoms with van der Waals surface area (Å²) in [7, 11) is 3.30. The van der Waals surface area contributed by atoms with E-state index in [0.29, 0.717) is 25.3 Å². The third-order valence-electron chi connectivity index (χ3n) is 2.57. The topological polar surface area (TPSA) is 59.6 Å². The van der Waals surface area contributed by atoms with E-state index >= 15 is 0 Å². The van der Waals surface area contributed by atoms with Crippen molar-refractivity contribution in [1.82, 2.24) is 10.6 Å². The summed E-state index contributed by atoms with van der Waals surface area (Å²) in [6.45, 7) is 3.30. The molecule has 0 spiro atoms. The van der Waals surface area contributed by atoms with E-state index in [1.807, 2.05) is 18.2 Å². The monoisotopic (exact) mass is 266 g/mol. The van der Waals surface area contributed by atoms with Crippen LogP contribution in [0.5, 0.6) is 0 Å². The summed E-state index contributed by atoms with van der Waals surface area (Å²) >= 11 is 0. The van der Waals surface area contributed by atoms with Crippen molar-refractivity contribution >= 4 is 5.91 Å². The number of hydrogen-bond acceptors (Lipinski definition) is 4. The number of carbonyl (C=O) groups excluding carboxylic acids is 1. The number of benzene rings is 1. The van der Waals surface area contributed by atoms with Crippen molar-refractivity contribution in [2.75, 3.05) is 40.5 Å². The molecule has 1 aromatic carbocycles. The second-order valence-electron chi connectivity index (χ2n) is 4.13. The Balaban J connectivity index is 2.30. The van der Waals surface area contributed by atoms with E-state index in [-0.39, 0.29) is 5.91 Å². The third-order valence-corrected chi connectivity index (χ3v) is 2.57. The molecule has 1 amide bonds. The van der Waals surface area contributed by atoms with E-state index in [0.717, 1.165) is 18.7 Å². The molecule has 1 rings (SSSR count). The van der Waals surface area contributed by atoms with Gasteiger partial charge in [-0.2, -0.15) is 0 Å². The fourth-order valence-electron chi connectivity index (χ4n) is 1.63. The normalized spacial score (nSPS) is 10.4. The minimum absolute atomic E-state index is 0.0634. The lowest BCUT2D eigenvalue weighted by Crippen LogP contribution is -2.33. The second kappa shape index (κ2) is 9.49. The number of rotatable bonds is 9. The Morgan fingerprint density at radius 1 is 1.16 bits per heavy atom. The Morgan fingerprint density at radius 2 is 2.00 bits per heavy atom. The molecule has 19 heavy (non-hydrogen) atoms. The molecular formula is C14H22N2O3. The molecule has 106 valence electrons. The average molecular weight is 266 g/mol. The highest BCUT2D eigenvalue weighted by Gasteiger charge is 2.05. The van der Waals surface area contributed by atoms with Crippen molar-refractivity contribution in [2.45, 2.75) is 6.61 Å². The van der Waals surface area contributed by atoms with Crippen LogP contribution in [0.1, 0.15) is 15.9 Å². The molecule has 0 aliphatic carbocycles. The first-order valence-corrected chi connectivity index (χ1v) is 6.33. The zero-order valence-corrected chi connectivity index (χ0v) is 11.6. The number of carbonyl (C=O) groups is 1. The molecule has 0 aliphatic heterocycles. The summed E-state index contributed by atoms with van der Waals surface area (Å²) in [6.07, 6.45) is 0. The van der Waals surface area contributed by atoms with Crippen LogP contribution in [0, 0.1) is 0 Å². The maximum absolute atomic E-state index is 11.9. The smallest absolute Gasteiger partial charge is 0.251 e. The highest BCUT2D eigenvalue weighted by atomic mass is 16.5. The molecule has 0 heterocycles. The molecule has 0 aliphatic rings. The van der Waals surface area contributed by atoms with Crippen molar-refractivity contribution in [1.29, 1.82) is 0 Å². The van der Waals surface area contributed by atoms with E-state index in [4.69, 9.17) is 9.47 Å². The molecule has 5 nitrogen and oxygen atoms in total. The first kappa shape index (κ1) is 15.6. The van der Waals surface area contributed by atoms with Crippen molar-refractivity contribution < 1.29 is 14.3 Å². The lowest BCUT2D eigenvalue weighted by molar-refractivity contribution is 0.0953. The molecule has 0 aromatic heterocycles. The van der Waals surface area contributed by atoms with E-state index in [1.165, 1.54) is 0 Å². The van der Waals surface area contributed by atoms with Crippen LogP contribution in [0.4, 0.5) is 0 Å². The van der Waals surface area contributed by atoms with E-state index < -0.39 is 0 Å². The Morgan fingerprint density at radius 3 is 2.74 bits per heavy atom. The number of ether oxygens (including phenoxy) is 2. The van der Waals surface area contributed by atoms with Crippen LogP contribution < -0.4 is 10.6 Å². The molecule has 1 aromatic rings. The summed E-state index contributed by atoms with van der Waals surface area (Å²) in [5.41, 5.74) is 1.65. The zero-order chi connectivity index (χ0) is 13.9. The lowest BCUT2D eigenvalue weighted by atomic mass is 10.1. The molecule has 2 N–H and O–H groups in total. The summed E-state index contributed by atoms with van der Waals surface area (Å²) in [6, 6.07) is 7.44. The molecule has 0 atom stereocenters. The quantitative estimate of drug-likeness (QED) is 0.649. The Kier molecular flexibility index (Phi) is 7.81. The van der Waals surface area contributed by atoms with Crippen LogP contribution in [-0.2, 0) is 16.1 Å². The molecule has 0 fully saturated rings. The van der Waals surface area contributed by atoms with Crippen molar-refractivity contribution in [3.05, 3.63) is 35.4 Å². The van der Waals surface area contributed by atoms with Gasteiger partial charge in [-0.1, -0.05) is 12.1 Å². The fraction of sp³-hybridized carbons (Fsp3) is 0.500. The predicted octanol–water partition coefficient (Wildman–Crippen LogP) is 0.799. The van der Waals surface area contributed by atoms with E-state index in [1.54, 1.807) is 20.3 Å². The van der Waals surface area contributed by atoms with E-state index in [9.17, 15) is 4.79 Å². The molecule has 0 bridgehead atoms. The molecule has 0 saturated heterocycles. The molecule has 5 heteroatoms. The minimum Gasteiger partial charge on any atom is -0.383 e. The Labute approximate surface area is 114 Å². The summed E-state index contributed by atoms with van der Waals surface area (Å²) in [5.74, 6) is -0.0634. The van der Waals surface area contributed by atoms with Gasteiger partial charge in [-0.15, -0.1) is 0 Å². The Bertz CT molecular complexity index is 383. The first-order chi connectivity index (χ1) is 9.27. The maximum atomic E-state index is 11.9. The second-order valence-corrected chi connectivity index (χ2v) is 4.13. The van der Waals surface area contributed by atoms with Crippen molar-refractivity contribution in [3.8, 4) is 0 Å². The molecular weight excluding hydrogens is 244 g/mol. The van der Waals surface area contributed by atoms with Gasteiger partial charge in [-0.25, -0.2) is 0 Å². The molecule has 0 saturated carbocycles. The van der Waals surface area contributed by atoms with Crippen LogP contribution in [0.25, 0.3) is 0 Å². The third kappa shape index (κ3) is 6.33. The summed E-state index contributed by atoms with van der Waals surface area (Å²) < 4.78 is 9.96. The van der Waals surface area contributed by atoms with Crippen LogP contribution in [0.15, 0.2) is 24.3 Å². The van der Waals surface area contributed by atoms with Gasteiger partial charge in [0.15, 0.2) is 0 Å². The highest BCUT2D eigenvalue weighted by Crippen LogP contribution is 2.06. The standard InChI is InChI=1S/C14H22N2O3/c1-18-9-8-15-6-7-16-14(17)13-5-3-4-12(10-13)11-19-2/h3-5,10,15H,6-9,11H2,1-2H3,(H,16,17). The van der Waals surface area contributed by atoms with Crippen LogP contribution in [-0.4, -0.2) is 46.4 Å². The van der Waals surface area contributed by atoms with Gasteiger partial charge in [0.05, 0.1) is 13.2 Å². The van der Waals surface area contributed by atoms with Crippen LogP contribution in [0.3, 0.4) is 0 Å². The van der Waals surface area contributed by atoms with E-state index in [2.05, 4.69) is 10.6 Å². The molecule has 0 radical (unpaired) electrons. The van der Waals surface area contributed by atoms with Gasteiger partial charge >= 0.3 is 0 Å². The van der Waals surface area contributed by atoms with Gasteiger partial charge in [-0.05, 0) is 17.7 Å². The van der Waals surface area contributed by atoms with Gasteiger partial charge in [0.2, 0.25) is 0 Å². The molecule has 0 unspecified atom stereocenters. The highest BCUT2D eigenvalue weighted by molar-refractivity contribution is 5.94. The fourth-order valence-corrected chi connectivity index (χ4v) is 1.63. The van der Waals surface area contributed by atoms with Gasteiger partial charge in [0, 0.05) is 39.4 Å². The summed E-state index contributed by atoms with van der Waals surface area (Å²) in [5, 5.41) is 6.03.